The molecule has 6 heteroatoms. The lowest BCUT2D eigenvalue weighted by atomic mass is 9.88. The molecule has 1 aromatic rings. The van der Waals surface area contributed by atoms with Crippen molar-refractivity contribution in [3.05, 3.63) is 35.1 Å². The minimum atomic E-state index is -1.24. The van der Waals surface area contributed by atoms with Crippen molar-refractivity contribution < 1.29 is 18.0 Å². The lowest BCUT2D eigenvalue weighted by Crippen LogP contribution is -2.55. The Labute approximate surface area is 110 Å². The second-order valence-electron chi connectivity index (χ2n) is 4.97. The number of benzene rings is 1. The van der Waals surface area contributed by atoms with Gasteiger partial charge in [-0.2, -0.15) is 0 Å². The first-order chi connectivity index (χ1) is 8.71. The molecule has 0 bridgehead atoms. The van der Waals surface area contributed by atoms with Gasteiger partial charge in [-0.3, -0.25) is 4.79 Å². The van der Waals surface area contributed by atoms with Gasteiger partial charge in [0.15, 0.2) is 0 Å². The van der Waals surface area contributed by atoms with Gasteiger partial charge in [0.2, 0.25) is 0 Å². The van der Waals surface area contributed by atoms with E-state index in [1.54, 1.807) is 6.92 Å². The third-order valence-corrected chi connectivity index (χ3v) is 3.33. The SMILES string of the molecule is CC(C)C(C)(CN)NC(=O)c1c(F)cc(F)cc1F. The van der Waals surface area contributed by atoms with Crippen LogP contribution in [0.25, 0.3) is 0 Å². The summed E-state index contributed by atoms with van der Waals surface area (Å²) in [6, 6.07) is 0.931. The molecule has 0 saturated heterocycles. The largest absolute Gasteiger partial charge is 0.345 e. The van der Waals surface area contributed by atoms with Crippen LogP contribution in [0.15, 0.2) is 12.1 Å². The standard InChI is InChI=1S/C13H17F3N2O/c1-7(2)13(3,6-17)18-12(19)11-9(15)4-8(14)5-10(11)16/h4-5,7H,6,17H2,1-3H3,(H,18,19). The average Bonchev–Trinajstić information content (AvgIpc) is 2.26. The highest BCUT2D eigenvalue weighted by Crippen LogP contribution is 2.19. The van der Waals surface area contributed by atoms with E-state index >= 15 is 0 Å². The summed E-state index contributed by atoms with van der Waals surface area (Å²) in [6.07, 6.45) is 0. The molecule has 0 saturated carbocycles. The van der Waals surface area contributed by atoms with Crippen molar-refractivity contribution in [1.82, 2.24) is 5.32 Å². The topological polar surface area (TPSA) is 55.1 Å². The maximum absolute atomic E-state index is 13.5. The first-order valence-electron chi connectivity index (χ1n) is 5.88. The molecule has 1 aromatic carbocycles. The average molecular weight is 274 g/mol. The fraction of sp³-hybridized carbons (Fsp3) is 0.462. The van der Waals surface area contributed by atoms with E-state index < -0.39 is 34.5 Å². The molecule has 1 atom stereocenters. The summed E-state index contributed by atoms with van der Waals surface area (Å²) in [5.41, 5.74) is 3.97. The lowest BCUT2D eigenvalue weighted by molar-refractivity contribution is 0.0874. The molecule has 1 rings (SSSR count). The Kier molecular flexibility index (Phi) is 4.57. The smallest absolute Gasteiger partial charge is 0.257 e. The van der Waals surface area contributed by atoms with Gasteiger partial charge in [0, 0.05) is 18.7 Å². The highest BCUT2D eigenvalue weighted by Gasteiger charge is 2.31. The number of nitrogens with two attached hydrogens (primary N) is 1. The second-order valence-corrected chi connectivity index (χ2v) is 4.97. The van der Waals surface area contributed by atoms with E-state index in [1.807, 2.05) is 13.8 Å². The van der Waals surface area contributed by atoms with Crippen molar-refractivity contribution in [2.45, 2.75) is 26.3 Å². The molecule has 3 N–H and O–H groups in total. The zero-order valence-electron chi connectivity index (χ0n) is 11.1. The molecule has 1 amide bonds. The monoisotopic (exact) mass is 274 g/mol. The summed E-state index contributed by atoms with van der Waals surface area (Å²) < 4.78 is 39.7. The quantitative estimate of drug-likeness (QED) is 0.884. The molecular weight excluding hydrogens is 257 g/mol. The maximum Gasteiger partial charge on any atom is 0.257 e. The Morgan fingerprint density at radius 2 is 1.79 bits per heavy atom. The van der Waals surface area contributed by atoms with Gasteiger partial charge >= 0.3 is 0 Å². The summed E-state index contributed by atoms with van der Waals surface area (Å²) in [5, 5.41) is 2.49. The Bertz CT molecular complexity index is 468. The van der Waals surface area contributed by atoms with Crippen LogP contribution < -0.4 is 11.1 Å². The second kappa shape index (κ2) is 5.61. The molecule has 1 unspecified atom stereocenters. The summed E-state index contributed by atoms with van der Waals surface area (Å²) in [4.78, 5) is 11.9. The van der Waals surface area contributed by atoms with Crippen LogP contribution in [0.2, 0.25) is 0 Å². The zero-order chi connectivity index (χ0) is 14.8. The number of carbonyl (C=O) groups is 1. The minimum Gasteiger partial charge on any atom is -0.345 e. The fourth-order valence-electron chi connectivity index (χ4n) is 1.51. The van der Waals surface area contributed by atoms with Crippen molar-refractivity contribution in [2.75, 3.05) is 6.54 Å². The van der Waals surface area contributed by atoms with Gasteiger partial charge in [-0.15, -0.1) is 0 Å². The van der Waals surface area contributed by atoms with E-state index in [2.05, 4.69) is 5.32 Å². The number of halogens is 3. The van der Waals surface area contributed by atoms with Gasteiger partial charge in [0.05, 0.1) is 5.54 Å². The summed E-state index contributed by atoms with van der Waals surface area (Å²) >= 11 is 0. The van der Waals surface area contributed by atoms with Crippen molar-refractivity contribution in [2.24, 2.45) is 11.7 Å². The van der Waals surface area contributed by atoms with Gasteiger partial charge in [-0.05, 0) is 12.8 Å². The number of hydrogen-bond donors (Lipinski definition) is 2. The van der Waals surface area contributed by atoms with Crippen LogP contribution in [0.5, 0.6) is 0 Å². The van der Waals surface area contributed by atoms with E-state index in [0.29, 0.717) is 12.1 Å². The zero-order valence-corrected chi connectivity index (χ0v) is 11.1. The van der Waals surface area contributed by atoms with E-state index in [1.165, 1.54) is 0 Å². The maximum atomic E-state index is 13.5. The third kappa shape index (κ3) is 3.26. The van der Waals surface area contributed by atoms with Crippen LogP contribution in [0.4, 0.5) is 13.2 Å². The minimum absolute atomic E-state index is 0.0342. The molecule has 0 fully saturated rings. The normalized spacial score (nSPS) is 14.3. The molecule has 19 heavy (non-hydrogen) atoms. The molecule has 0 aliphatic heterocycles. The summed E-state index contributed by atoms with van der Waals surface area (Å²) in [5.74, 6) is -4.53. The first kappa shape index (κ1) is 15.5. The summed E-state index contributed by atoms with van der Waals surface area (Å²) in [6.45, 7) is 5.44. The van der Waals surface area contributed by atoms with Crippen molar-refractivity contribution in [3.63, 3.8) is 0 Å². The molecular formula is C13H17F3N2O. The molecule has 0 radical (unpaired) electrons. The van der Waals surface area contributed by atoms with E-state index in [0.717, 1.165) is 0 Å². The van der Waals surface area contributed by atoms with Crippen LogP contribution >= 0.6 is 0 Å². The Hall–Kier alpha value is -1.56. The predicted molar refractivity (Wildman–Crippen MR) is 66.1 cm³/mol. The van der Waals surface area contributed by atoms with Crippen LogP contribution in [0, 0.1) is 23.4 Å². The number of carbonyl (C=O) groups excluding carboxylic acids is 1. The Morgan fingerprint density at radius 3 is 2.16 bits per heavy atom. The highest BCUT2D eigenvalue weighted by molar-refractivity contribution is 5.95. The van der Waals surface area contributed by atoms with Crippen LogP contribution in [-0.4, -0.2) is 18.0 Å². The number of amides is 1. The Morgan fingerprint density at radius 1 is 1.32 bits per heavy atom. The van der Waals surface area contributed by atoms with Crippen molar-refractivity contribution in [3.8, 4) is 0 Å². The van der Waals surface area contributed by atoms with Gasteiger partial charge in [-0.1, -0.05) is 13.8 Å². The fourth-order valence-corrected chi connectivity index (χ4v) is 1.51. The molecule has 0 aliphatic rings. The van der Waals surface area contributed by atoms with E-state index in [9.17, 15) is 18.0 Å². The summed E-state index contributed by atoms with van der Waals surface area (Å²) in [7, 11) is 0. The van der Waals surface area contributed by atoms with Crippen LogP contribution in [0.3, 0.4) is 0 Å². The van der Waals surface area contributed by atoms with Gasteiger partial charge in [0.1, 0.15) is 23.0 Å². The molecule has 0 aromatic heterocycles. The van der Waals surface area contributed by atoms with Gasteiger partial charge < -0.3 is 11.1 Å². The predicted octanol–water partition coefficient (Wildman–Crippen LogP) is 2.21. The van der Waals surface area contributed by atoms with Crippen molar-refractivity contribution in [1.29, 1.82) is 0 Å². The highest BCUT2D eigenvalue weighted by atomic mass is 19.1. The number of hydrogen-bond acceptors (Lipinski definition) is 2. The Balaban J connectivity index is 3.09. The molecule has 0 aliphatic carbocycles. The van der Waals surface area contributed by atoms with Crippen LogP contribution in [-0.2, 0) is 0 Å². The van der Waals surface area contributed by atoms with Gasteiger partial charge in [0.25, 0.3) is 5.91 Å². The third-order valence-electron chi connectivity index (χ3n) is 3.33. The van der Waals surface area contributed by atoms with Crippen LogP contribution in [0.1, 0.15) is 31.1 Å². The van der Waals surface area contributed by atoms with Crippen molar-refractivity contribution >= 4 is 5.91 Å². The molecule has 0 spiro atoms. The molecule has 0 heterocycles. The first-order valence-corrected chi connectivity index (χ1v) is 5.88. The number of rotatable bonds is 4. The van der Waals surface area contributed by atoms with Gasteiger partial charge in [-0.25, -0.2) is 13.2 Å². The molecule has 106 valence electrons. The van der Waals surface area contributed by atoms with E-state index in [-0.39, 0.29) is 12.5 Å². The lowest BCUT2D eigenvalue weighted by Gasteiger charge is -2.33. The molecule has 3 nitrogen and oxygen atoms in total. The van der Waals surface area contributed by atoms with E-state index in [4.69, 9.17) is 5.73 Å². The number of nitrogens with one attached hydrogen (secondary N) is 1.